The van der Waals surface area contributed by atoms with Gasteiger partial charge >= 0.3 is 0 Å². The Morgan fingerprint density at radius 1 is 1.38 bits per heavy atom. The summed E-state index contributed by atoms with van der Waals surface area (Å²) in [5.74, 6) is -0.462. The molecule has 2 rings (SSSR count). The average molecular weight is 195 g/mol. The Morgan fingerprint density at radius 3 is 2.77 bits per heavy atom. The summed E-state index contributed by atoms with van der Waals surface area (Å²) in [5.41, 5.74) is 6.42. The van der Waals surface area contributed by atoms with Gasteiger partial charge in [0.05, 0.1) is 11.1 Å². The van der Waals surface area contributed by atoms with Gasteiger partial charge in [-0.1, -0.05) is 18.2 Å². The molecule has 0 bridgehead atoms. The highest BCUT2D eigenvalue weighted by molar-refractivity contribution is 6.21. The highest BCUT2D eigenvalue weighted by atomic mass is 35.5. The van der Waals surface area contributed by atoms with Gasteiger partial charge in [-0.15, -0.1) is 0 Å². The van der Waals surface area contributed by atoms with Crippen molar-refractivity contribution >= 4 is 28.6 Å². The maximum absolute atomic E-state index is 11.0. The average Bonchev–Trinajstić information content (AvgIpc) is 2.45. The molecule has 66 valence electrons. The van der Waals surface area contributed by atoms with E-state index in [1.165, 1.54) is 10.3 Å². The summed E-state index contributed by atoms with van der Waals surface area (Å²) in [7, 11) is 0. The summed E-state index contributed by atoms with van der Waals surface area (Å²) < 4.78 is 1.37. The number of primary amides is 1. The zero-order valence-corrected chi connectivity index (χ0v) is 7.45. The molecule has 2 aromatic rings. The van der Waals surface area contributed by atoms with Crippen LogP contribution in [0.2, 0.25) is 0 Å². The number of hydrogen-bond donors (Lipinski definition) is 1. The number of carbonyl (C=O) groups excluding carboxylic acids is 1. The van der Waals surface area contributed by atoms with E-state index < -0.39 is 5.91 Å². The number of halogens is 1. The molecule has 1 aromatic carbocycles. The van der Waals surface area contributed by atoms with Crippen LogP contribution in [0.4, 0.5) is 0 Å². The van der Waals surface area contributed by atoms with E-state index in [9.17, 15) is 4.79 Å². The molecule has 0 atom stereocenters. The monoisotopic (exact) mass is 194 g/mol. The zero-order chi connectivity index (χ0) is 9.42. The fourth-order valence-electron chi connectivity index (χ4n) is 1.34. The summed E-state index contributed by atoms with van der Waals surface area (Å²) in [4.78, 5) is 11.0. The van der Waals surface area contributed by atoms with Gasteiger partial charge in [0.1, 0.15) is 0 Å². The maximum Gasteiger partial charge on any atom is 0.250 e. The number of rotatable bonds is 1. The van der Waals surface area contributed by atoms with Crippen LogP contribution in [0, 0.1) is 0 Å². The lowest BCUT2D eigenvalue weighted by Crippen LogP contribution is -2.09. The number of nitrogens with two attached hydrogens (primary N) is 1. The van der Waals surface area contributed by atoms with Crippen LogP contribution in [0.25, 0.3) is 10.9 Å². The first-order valence-corrected chi connectivity index (χ1v) is 4.10. The Morgan fingerprint density at radius 2 is 2.08 bits per heavy atom. The number of hydrogen-bond acceptors (Lipinski definition) is 1. The molecule has 1 aromatic heterocycles. The van der Waals surface area contributed by atoms with Crippen molar-refractivity contribution in [2.75, 3.05) is 0 Å². The molecule has 2 N–H and O–H groups in total. The second-order valence-electron chi connectivity index (χ2n) is 2.74. The van der Waals surface area contributed by atoms with Crippen molar-refractivity contribution in [3.8, 4) is 0 Å². The fraction of sp³-hybridized carbons (Fsp3) is 0. The molecule has 1 heterocycles. The minimum absolute atomic E-state index is 0.450. The largest absolute Gasteiger partial charge is 0.366 e. The molecule has 0 aliphatic carbocycles. The van der Waals surface area contributed by atoms with Crippen molar-refractivity contribution < 1.29 is 4.79 Å². The van der Waals surface area contributed by atoms with Crippen molar-refractivity contribution in [3.05, 3.63) is 36.0 Å². The summed E-state index contributed by atoms with van der Waals surface area (Å²) in [6.07, 6.45) is 1.52. The molecule has 0 fully saturated rings. The van der Waals surface area contributed by atoms with Crippen molar-refractivity contribution in [2.24, 2.45) is 5.73 Å². The van der Waals surface area contributed by atoms with Gasteiger partial charge in [-0.05, 0) is 6.07 Å². The summed E-state index contributed by atoms with van der Waals surface area (Å²) in [6, 6.07) is 7.33. The zero-order valence-electron chi connectivity index (χ0n) is 6.70. The third kappa shape index (κ3) is 1.17. The van der Waals surface area contributed by atoms with Crippen molar-refractivity contribution in [3.63, 3.8) is 0 Å². The van der Waals surface area contributed by atoms with E-state index in [-0.39, 0.29) is 0 Å². The van der Waals surface area contributed by atoms with Crippen LogP contribution in [0.1, 0.15) is 10.4 Å². The van der Waals surface area contributed by atoms with Crippen LogP contribution in [0.15, 0.2) is 30.5 Å². The molecule has 1 amide bonds. The van der Waals surface area contributed by atoms with Gasteiger partial charge in [0.25, 0.3) is 5.91 Å². The highest BCUT2D eigenvalue weighted by Gasteiger charge is 2.10. The number of para-hydroxylation sites is 1. The van der Waals surface area contributed by atoms with Crippen LogP contribution >= 0.6 is 11.8 Å². The molecule has 0 spiro atoms. The van der Waals surface area contributed by atoms with Crippen molar-refractivity contribution in [2.45, 2.75) is 0 Å². The van der Waals surface area contributed by atoms with E-state index in [4.69, 9.17) is 17.5 Å². The van der Waals surface area contributed by atoms with Crippen LogP contribution < -0.4 is 5.73 Å². The van der Waals surface area contributed by atoms with E-state index in [0.717, 1.165) is 10.9 Å². The first-order chi connectivity index (χ1) is 6.20. The van der Waals surface area contributed by atoms with Gasteiger partial charge in [-0.3, -0.25) is 8.88 Å². The fourth-order valence-corrected chi connectivity index (χ4v) is 1.58. The van der Waals surface area contributed by atoms with E-state index in [1.54, 1.807) is 0 Å². The Labute approximate surface area is 79.8 Å². The number of aromatic nitrogens is 1. The molecule has 0 aliphatic rings. The summed E-state index contributed by atoms with van der Waals surface area (Å²) >= 11 is 5.83. The number of carbonyl (C=O) groups is 1. The van der Waals surface area contributed by atoms with Gasteiger partial charge in [0.15, 0.2) is 0 Å². The van der Waals surface area contributed by atoms with E-state index in [0.29, 0.717) is 5.56 Å². The van der Waals surface area contributed by atoms with Gasteiger partial charge in [-0.25, -0.2) is 0 Å². The van der Waals surface area contributed by atoms with Crippen molar-refractivity contribution in [1.29, 1.82) is 0 Å². The predicted octanol–water partition coefficient (Wildman–Crippen LogP) is 1.74. The van der Waals surface area contributed by atoms with Gasteiger partial charge in [0.2, 0.25) is 0 Å². The Bertz CT molecular complexity index is 475. The Hall–Kier alpha value is -1.48. The molecule has 0 radical (unpaired) electrons. The number of amides is 1. The van der Waals surface area contributed by atoms with Crippen LogP contribution in [0.3, 0.4) is 0 Å². The van der Waals surface area contributed by atoms with Crippen molar-refractivity contribution in [1.82, 2.24) is 4.09 Å². The minimum atomic E-state index is -0.462. The summed E-state index contributed by atoms with van der Waals surface area (Å²) in [5, 5.41) is 0.782. The topological polar surface area (TPSA) is 48.0 Å². The molecule has 13 heavy (non-hydrogen) atoms. The third-order valence-corrected chi connectivity index (χ3v) is 2.21. The summed E-state index contributed by atoms with van der Waals surface area (Å²) in [6.45, 7) is 0. The standard InChI is InChI=1S/C9H7ClN2O/c10-12-5-7(9(11)13)6-3-1-2-4-8(6)12/h1-5H,(H2,11,13). The Balaban J connectivity index is 2.85. The second-order valence-corrected chi connectivity index (χ2v) is 3.10. The van der Waals surface area contributed by atoms with Crippen LogP contribution in [-0.4, -0.2) is 9.99 Å². The number of benzene rings is 1. The normalized spacial score (nSPS) is 10.5. The maximum atomic E-state index is 11.0. The SMILES string of the molecule is NC(=O)c1cn(Cl)c2ccccc12. The molecular formula is C9H7ClN2O. The number of nitrogens with zero attached hydrogens (tertiary/aromatic N) is 1. The molecular weight excluding hydrogens is 188 g/mol. The van der Waals surface area contributed by atoms with Gasteiger partial charge in [0, 0.05) is 23.4 Å². The molecule has 0 saturated heterocycles. The minimum Gasteiger partial charge on any atom is -0.366 e. The highest BCUT2D eigenvalue weighted by Crippen LogP contribution is 2.21. The quantitative estimate of drug-likeness (QED) is 0.739. The van der Waals surface area contributed by atoms with E-state index in [1.807, 2.05) is 24.3 Å². The lowest BCUT2D eigenvalue weighted by molar-refractivity contribution is 0.100. The molecule has 4 heteroatoms. The smallest absolute Gasteiger partial charge is 0.250 e. The van der Waals surface area contributed by atoms with Gasteiger partial charge in [-0.2, -0.15) is 0 Å². The molecule has 0 unspecified atom stereocenters. The van der Waals surface area contributed by atoms with Crippen LogP contribution in [0.5, 0.6) is 0 Å². The van der Waals surface area contributed by atoms with E-state index in [2.05, 4.69) is 0 Å². The predicted molar refractivity (Wildman–Crippen MR) is 51.7 cm³/mol. The lowest BCUT2D eigenvalue weighted by Gasteiger charge is -1.91. The Kier molecular flexibility index (Phi) is 1.74. The molecule has 3 nitrogen and oxygen atoms in total. The first kappa shape index (κ1) is 8.13. The van der Waals surface area contributed by atoms with E-state index >= 15 is 0 Å². The lowest BCUT2D eigenvalue weighted by atomic mass is 10.2. The molecule has 0 aliphatic heterocycles. The van der Waals surface area contributed by atoms with Crippen LogP contribution in [-0.2, 0) is 0 Å². The first-order valence-electron chi connectivity index (χ1n) is 3.76. The molecule has 0 saturated carbocycles. The second kappa shape index (κ2) is 2.78. The van der Waals surface area contributed by atoms with Gasteiger partial charge < -0.3 is 5.73 Å². The third-order valence-electron chi connectivity index (χ3n) is 1.93. The number of fused-ring (bicyclic) bond motifs is 1.